The Kier molecular flexibility index (Phi) is 34.8. The largest absolute Gasteiger partial charge is 3.00 e. The summed E-state index contributed by atoms with van der Waals surface area (Å²) in [4.78, 5) is 175. The van der Waals surface area contributed by atoms with E-state index in [-0.39, 0.29) is 117 Å². The number of amides is 8. The number of H-pyrrole nitrogens is 1. The molecule has 546 valence electrons. The second-order valence-electron chi connectivity index (χ2n) is 24.4. The molecule has 15 N–H and O–H groups in total. The van der Waals surface area contributed by atoms with Crippen LogP contribution in [0.25, 0.3) is 10.9 Å². The Hall–Kier alpha value is -8.30. The number of unbranched alkanes of at least 4 members (excludes halogenated alkanes) is 1. The van der Waals surface area contributed by atoms with E-state index in [1.165, 1.54) is 39.0 Å². The average Bonchev–Trinajstić information content (AvgIpc) is 1.75. The summed E-state index contributed by atoms with van der Waals surface area (Å²) in [6.07, 6.45) is -1.98. The van der Waals surface area contributed by atoms with Gasteiger partial charge in [0.15, 0.2) is 6.04 Å². The van der Waals surface area contributed by atoms with E-state index in [0.717, 1.165) is 35.4 Å². The molecule has 6 rings (SSSR count). The Bertz CT molecular complexity index is 3420. The zero-order valence-corrected chi connectivity index (χ0v) is 59.9. The van der Waals surface area contributed by atoms with Crippen LogP contribution in [0.1, 0.15) is 49.8 Å². The predicted molar refractivity (Wildman–Crippen MR) is 365 cm³/mol. The number of hydrogen-bond donors (Lipinski definition) is 14. The van der Waals surface area contributed by atoms with Crippen molar-refractivity contribution < 1.29 is 93.3 Å². The smallest absolute Gasteiger partial charge is 0.549 e. The van der Waals surface area contributed by atoms with Gasteiger partial charge in [-0.1, -0.05) is 82.3 Å². The molecule has 2 aliphatic heterocycles. The zero-order chi connectivity index (χ0) is 73.0. The van der Waals surface area contributed by atoms with Crippen molar-refractivity contribution in [3.8, 4) is 5.75 Å². The fourth-order valence-corrected chi connectivity index (χ4v) is 13.4. The van der Waals surface area contributed by atoms with Crippen molar-refractivity contribution in [1.29, 1.82) is 0 Å². The summed E-state index contributed by atoms with van der Waals surface area (Å²) >= 11 is 0. The predicted octanol–water partition coefficient (Wildman–Crippen LogP) is -7.76. The number of carboxylic acid groups (broad SMARTS) is 4. The Morgan fingerprint density at radius 3 is 1.66 bits per heavy atom. The summed E-state index contributed by atoms with van der Waals surface area (Å²) in [5.41, 5.74) is 7.92. The molecule has 2 aliphatic rings. The molecule has 1 aromatic heterocycles. The number of nitrogens with two attached hydrogens (primary N) is 1. The third-order valence-corrected chi connectivity index (χ3v) is 19.0. The van der Waals surface area contributed by atoms with Gasteiger partial charge in [0.2, 0.25) is 47.3 Å². The molecule has 8 amide bonds. The van der Waals surface area contributed by atoms with E-state index in [2.05, 4.69) is 47.5 Å². The number of nitrogens with zero attached hydrogens (tertiary/aromatic N) is 4. The van der Waals surface area contributed by atoms with Gasteiger partial charge in [0, 0.05) is 120 Å². The number of carbonyl (C=O) groups is 12. The SMILES string of the molecule is C[C@@H](O)[C@H](NC(=O)[C@@H]1CSSC[C@H](NC(=O)[C@@H](Cc2ccccc2)NC(=O)CN2CCN(CC(=O)[O-])CCN(CC(=O)[O-])CCN(CC(=O)[O-])CC2)C(=O)N[C@@H](Cc2ccc(O)cc2)C(=O)N[C@H](Cc2c[nH]c3ccccc23)C(=O)N[C@@H](CCCCN)C(=O)N[C@@H]([C@@H](C)O)C(=O)N1)C(=O)O.[68Ga+3]. The van der Waals surface area contributed by atoms with Gasteiger partial charge in [-0.2, -0.15) is 0 Å². The van der Waals surface area contributed by atoms with Crippen molar-refractivity contribution in [3.63, 3.8) is 0 Å². The molecule has 3 aromatic carbocycles. The molecule has 0 unspecified atom stereocenters. The van der Waals surface area contributed by atoms with Gasteiger partial charge in [-0.25, -0.2) is 4.79 Å². The van der Waals surface area contributed by atoms with E-state index in [4.69, 9.17) is 5.73 Å². The summed E-state index contributed by atoms with van der Waals surface area (Å²) < 4.78 is 0. The van der Waals surface area contributed by atoms with Gasteiger partial charge in [-0.05, 0) is 74.5 Å². The van der Waals surface area contributed by atoms with E-state index in [1.54, 1.807) is 65.7 Å². The number of phenolic OH excluding ortho intramolecular Hbond substituents is 1. The first-order chi connectivity index (χ1) is 47.7. The quantitative estimate of drug-likeness (QED) is 0.0158. The summed E-state index contributed by atoms with van der Waals surface area (Å²) in [6, 6.07) is 7.74. The van der Waals surface area contributed by atoms with Crippen LogP contribution in [0.15, 0.2) is 85.1 Å². The number of aromatic amines is 1. The molecule has 0 aliphatic carbocycles. The molecule has 33 nitrogen and oxygen atoms in total. The number of rotatable bonds is 26. The first-order valence-electron chi connectivity index (χ1n) is 32.5. The van der Waals surface area contributed by atoms with Crippen molar-refractivity contribution >= 4 is 123 Å². The number of aliphatic hydroxyl groups is 2. The maximum atomic E-state index is 15.3. The maximum absolute atomic E-state index is 15.3. The minimum Gasteiger partial charge on any atom is -0.549 e. The van der Waals surface area contributed by atoms with E-state index in [0.29, 0.717) is 34.0 Å². The molecule has 0 bridgehead atoms. The number of nitrogens with one attached hydrogen (secondary N) is 9. The van der Waals surface area contributed by atoms with Gasteiger partial charge < -0.3 is 103 Å². The van der Waals surface area contributed by atoms with Crippen molar-refractivity contribution in [2.24, 2.45) is 5.73 Å². The van der Waals surface area contributed by atoms with Crippen molar-refractivity contribution in [2.45, 2.75) is 113 Å². The molecule has 2 saturated heterocycles. The van der Waals surface area contributed by atoms with E-state index in [9.17, 15) is 78.9 Å². The van der Waals surface area contributed by atoms with Gasteiger partial charge in [-0.15, -0.1) is 0 Å². The van der Waals surface area contributed by atoms with Crippen LogP contribution in [0.3, 0.4) is 0 Å². The first kappa shape index (κ1) is 83.4. The fraction of sp³-hybridized carbons (Fsp3) is 0.508. The van der Waals surface area contributed by atoms with Crippen LogP contribution in [-0.4, -0.2) is 293 Å². The van der Waals surface area contributed by atoms with E-state index >= 15 is 14.4 Å². The van der Waals surface area contributed by atoms with Gasteiger partial charge in [0.1, 0.15) is 48.0 Å². The van der Waals surface area contributed by atoms with Crippen LogP contribution in [0.4, 0.5) is 0 Å². The first-order valence-corrected chi connectivity index (χ1v) is 35.0. The van der Waals surface area contributed by atoms with E-state index < -0.39 is 169 Å². The number of aliphatic hydroxyl groups excluding tert-OH is 2. The number of hydrogen-bond acceptors (Lipinski definition) is 25. The Balaban J connectivity index is 0.0000184. The zero-order valence-electron chi connectivity index (χ0n) is 55.9. The molecule has 0 spiro atoms. The molecular formula is C65H87GaN14O19S2. The number of para-hydroxylation sites is 1. The second kappa shape index (κ2) is 42.2. The number of aromatic nitrogens is 1. The minimum atomic E-state index is -1.91. The molecular weight excluding hydrogens is 1410 g/mol. The van der Waals surface area contributed by atoms with E-state index in [1.807, 2.05) is 0 Å². The molecule has 0 radical (unpaired) electrons. The van der Waals surface area contributed by atoms with Crippen molar-refractivity contribution in [1.82, 2.24) is 67.1 Å². The number of fused-ring (bicyclic) bond motifs is 1. The summed E-state index contributed by atoms with van der Waals surface area (Å²) in [7, 11) is 1.64. The van der Waals surface area contributed by atoms with Gasteiger partial charge in [0.05, 0.1) is 36.7 Å². The van der Waals surface area contributed by atoms with Crippen LogP contribution in [0.2, 0.25) is 0 Å². The summed E-state index contributed by atoms with van der Waals surface area (Å²) in [6.45, 7) is 0.342. The van der Waals surface area contributed by atoms with Gasteiger partial charge >= 0.3 is 25.8 Å². The molecule has 3 heterocycles. The van der Waals surface area contributed by atoms with Crippen LogP contribution in [0.5, 0.6) is 5.75 Å². The van der Waals surface area contributed by atoms with Gasteiger partial charge in [0.25, 0.3) is 0 Å². The standard InChI is InChI=1S/C65H90N14O19S2.Ga/c1-38(80)56-64(96)73-51(63(95)75-57(39(2)81)65(97)98)37-100-99-36-50(72-59(91)47(28-40-10-4-3-5-11-40)68-52(83)32-76-20-22-77(33-53(84)85)24-26-79(35-55(88)89)27-25-78(23-21-76)34-54(86)87)62(94)70-48(29-41-15-17-43(82)18-16-41)60(92)71-49(30-42-31-67-45-13-7-6-12-44(42)45)61(93)69-46(58(90)74-56)14-8-9-19-66;/h3-7,10-13,15-18,31,38-39,46-51,56-57,67,80-82H,8-9,14,19-30,32-37,66H2,1-2H3,(H,68,83)(H,69,93)(H,70,94)(H,71,92)(H,72,91)(H,73,96)(H,74,90)(H,75,95)(H,84,85)(H,86,87)(H,88,89)(H,97,98);/q;+3/p-3/t38-,39-,46+,47-,48+,49-,50+,51+,56+,57+;/m1./s1/i;1-2. The fourth-order valence-electron chi connectivity index (χ4n) is 11.1. The average molecular weight is 1500 g/mol. The molecule has 0 saturated carbocycles. The van der Waals surface area contributed by atoms with Crippen LogP contribution >= 0.6 is 21.6 Å². The van der Waals surface area contributed by atoms with Crippen LogP contribution in [-0.2, 0) is 76.8 Å². The monoisotopic (exact) mass is 1500 g/mol. The van der Waals surface area contributed by atoms with Gasteiger partial charge in [-0.3, -0.25) is 58.0 Å². The maximum Gasteiger partial charge on any atom is 3.00 e. The number of aliphatic carboxylic acids is 4. The molecule has 2 fully saturated rings. The van der Waals surface area contributed by atoms with Crippen molar-refractivity contribution in [2.75, 3.05) is 96.6 Å². The number of carbonyl (C=O) groups excluding carboxylic acids is 11. The number of phenols is 1. The third-order valence-electron chi connectivity index (χ3n) is 16.5. The molecule has 101 heavy (non-hydrogen) atoms. The van der Waals surface area contributed by atoms with Crippen molar-refractivity contribution in [3.05, 3.63) is 102 Å². The topological polar surface area (TPSA) is 506 Å². The normalized spacial score (nSPS) is 21.7. The Morgan fingerprint density at radius 2 is 1.12 bits per heavy atom. The van der Waals surface area contributed by atoms with Crippen LogP contribution in [0, 0.1) is 0 Å². The molecule has 36 heteroatoms. The van der Waals surface area contributed by atoms with Crippen LogP contribution < -0.4 is 63.6 Å². The third kappa shape index (κ3) is 28.2. The number of aromatic hydroxyl groups is 1. The Labute approximate surface area is 603 Å². The number of benzene rings is 3. The molecule has 10 atom stereocenters. The Morgan fingerprint density at radius 1 is 0.604 bits per heavy atom. The number of carboxylic acids is 4. The second-order valence-corrected chi connectivity index (χ2v) is 27.0. The minimum absolute atomic E-state index is 0. The molecule has 4 aromatic rings. The summed E-state index contributed by atoms with van der Waals surface area (Å²) in [5.74, 6) is -14.9. The summed E-state index contributed by atoms with van der Waals surface area (Å²) in [5, 5.41) is 98.5.